The molecule has 0 aliphatic carbocycles. The summed E-state index contributed by atoms with van der Waals surface area (Å²) in [6, 6.07) is 7.17. The van der Waals surface area contributed by atoms with Gasteiger partial charge in [-0.1, -0.05) is 11.6 Å². The molecule has 0 bridgehead atoms. The Balaban J connectivity index is 2.29. The SMILES string of the molecule is COC(=O)c1ccc(-c2ccc(Cl)s2)nc1. The van der Waals surface area contributed by atoms with E-state index in [2.05, 4.69) is 9.72 Å². The summed E-state index contributed by atoms with van der Waals surface area (Å²) in [6.07, 6.45) is 1.49. The van der Waals surface area contributed by atoms with E-state index < -0.39 is 0 Å². The molecule has 82 valence electrons. The fourth-order valence-corrected chi connectivity index (χ4v) is 2.25. The third-order valence-electron chi connectivity index (χ3n) is 2.01. The lowest BCUT2D eigenvalue weighted by Crippen LogP contribution is -2.01. The predicted octanol–water partition coefficient (Wildman–Crippen LogP) is 3.25. The van der Waals surface area contributed by atoms with Gasteiger partial charge in [-0.2, -0.15) is 0 Å². The highest BCUT2D eigenvalue weighted by Gasteiger charge is 2.07. The maximum Gasteiger partial charge on any atom is 0.339 e. The minimum absolute atomic E-state index is 0.386. The Morgan fingerprint density at radius 2 is 2.19 bits per heavy atom. The number of pyridine rings is 1. The second-order valence-corrected chi connectivity index (χ2v) is 4.74. The van der Waals surface area contributed by atoms with Gasteiger partial charge in [0.05, 0.1) is 27.6 Å². The number of carbonyl (C=O) groups is 1. The number of aromatic nitrogens is 1. The van der Waals surface area contributed by atoms with E-state index in [-0.39, 0.29) is 5.97 Å². The van der Waals surface area contributed by atoms with Gasteiger partial charge in [-0.05, 0) is 24.3 Å². The fourth-order valence-electron chi connectivity index (χ4n) is 1.23. The summed E-state index contributed by atoms with van der Waals surface area (Å²) in [5.41, 5.74) is 1.23. The molecule has 0 amide bonds. The van der Waals surface area contributed by atoms with Gasteiger partial charge >= 0.3 is 5.97 Å². The number of rotatable bonds is 2. The van der Waals surface area contributed by atoms with Crippen molar-refractivity contribution in [1.82, 2.24) is 4.98 Å². The highest BCUT2D eigenvalue weighted by molar-refractivity contribution is 7.19. The first-order valence-electron chi connectivity index (χ1n) is 4.51. The lowest BCUT2D eigenvalue weighted by atomic mass is 10.2. The van der Waals surface area contributed by atoms with Crippen LogP contribution in [-0.2, 0) is 4.74 Å². The summed E-state index contributed by atoms with van der Waals surface area (Å²) >= 11 is 7.28. The van der Waals surface area contributed by atoms with E-state index in [0.717, 1.165) is 10.6 Å². The average Bonchev–Trinajstić information content (AvgIpc) is 2.75. The first kappa shape index (κ1) is 11.1. The predicted molar refractivity (Wildman–Crippen MR) is 63.9 cm³/mol. The number of halogens is 1. The molecular formula is C11H8ClNO2S. The monoisotopic (exact) mass is 253 g/mol. The maximum absolute atomic E-state index is 11.2. The average molecular weight is 254 g/mol. The molecule has 2 aromatic rings. The highest BCUT2D eigenvalue weighted by atomic mass is 35.5. The Bertz CT molecular complexity index is 507. The molecule has 3 nitrogen and oxygen atoms in total. The van der Waals surface area contributed by atoms with E-state index in [9.17, 15) is 4.79 Å². The van der Waals surface area contributed by atoms with Gasteiger partial charge < -0.3 is 4.74 Å². The van der Waals surface area contributed by atoms with Crippen LogP contribution < -0.4 is 0 Å². The van der Waals surface area contributed by atoms with Crippen molar-refractivity contribution in [2.75, 3.05) is 7.11 Å². The van der Waals surface area contributed by atoms with Gasteiger partial charge in [0.25, 0.3) is 0 Å². The van der Waals surface area contributed by atoms with E-state index in [0.29, 0.717) is 9.90 Å². The number of esters is 1. The van der Waals surface area contributed by atoms with Crippen LogP contribution in [0.4, 0.5) is 0 Å². The van der Waals surface area contributed by atoms with Crippen molar-refractivity contribution < 1.29 is 9.53 Å². The summed E-state index contributed by atoms with van der Waals surface area (Å²) in [5, 5.41) is 0. The van der Waals surface area contributed by atoms with Crippen LogP contribution in [-0.4, -0.2) is 18.1 Å². The van der Waals surface area contributed by atoms with Gasteiger partial charge in [0.15, 0.2) is 0 Å². The molecular weight excluding hydrogens is 246 g/mol. The summed E-state index contributed by atoms with van der Waals surface area (Å²) in [4.78, 5) is 16.3. The molecule has 0 aromatic carbocycles. The zero-order valence-electron chi connectivity index (χ0n) is 8.44. The molecule has 2 heterocycles. The van der Waals surface area contributed by atoms with Crippen LogP contribution in [0.25, 0.3) is 10.6 Å². The Labute approximate surface area is 102 Å². The molecule has 0 fully saturated rings. The Kier molecular flexibility index (Phi) is 3.22. The van der Waals surface area contributed by atoms with Crippen LogP contribution in [0.15, 0.2) is 30.5 Å². The van der Waals surface area contributed by atoms with E-state index in [1.54, 1.807) is 12.1 Å². The van der Waals surface area contributed by atoms with E-state index >= 15 is 0 Å². The van der Waals surface area contributed by atoms with Gasteiger partial charge in [-0.15, -0.1) is 11.3 Å². The minimum Gasteiger partial charge on any atom is -0.465 e. The fraction of sp³-hybridized carbons (Fsp3) is 0.0909. The Morgan fingerprint density at radius 3 is 2.69 bits per heavy atom. The van der Waals surface area contributed by atoms with E-state index in [4.69, 9.17) is 11.6 Å². The lowest BCUT2D eigenvalue weighted by Gasteiger charge is -1.99. The molecule has 0 unspecified atom stereocenters. The van der Waals surface area contributed by atoms with Crippen molar-refractivity contribution in [3.05, 3.63) is 40.4 Å². The van der Waals surface area contributed by atoms with Crippen molar-refractivity contribution in [3.8, 4) is 10.6 Å². The molecule has 0 radical (unpaired) electrons. The van der Waals surface area contributed by atoms with E-state index in [1.165, 1.54) is 24.6 Å². The van der Waals surface area contributed by atoms with Crippen LogP contribution in [0.3, 0.4) is 0 Å². The lowest BCUT2D eigenvalue weighted by molar-refractivity contribution is 0.0600. The summed E-state index contributed by atoms with van der Waals surface area (Å²) in [5.74, 6) is -0.386. The Morgan fingerprint density at radius 1 is 1.38 bits per heavy atom. The number of ether oxygens (including phenoxy) is 1. The molecule has 2 rings (SSSR count). The van der Waals surface area contributed by atoms with Crippen molar-refractivity contribution in [2.24, 2.45) is 0 Å². The molecule has 0 N–H and O–H groups in total. The molecule has 5 heteroatoms. The van der Waals surface area contributed by atoms with Crippen LogP contribution >= 0.6 is 22.9 Å². The topological polar surface area (TPSA) is 39.2 Å². The molecule has 16 heavy (non-hydrogen) atoms. The van der Waals surface area contributed by atoms with Gasteiger partial charge in [-0.25, -0.2) is 4.79 Å². The molecule has 0 atom stereocenters. The van der Waals surface area contributed by atoms with Crippen LogP contribution in [0.1, 0.15) is 10.4 Å². The summed E-state index contributed by atoms with van der Waals surface area (Å²) < 4.78 is 5.31. The molecule has 2 aromatic heterocycles. The Hall–Kier alpha value is -1.39. The zero-order chi connectivity index (χ0) is 11.5. The number of methoxy groups -OCH3 is 1. The smallest absolute Gasteiger partial charge is 0.339 e. The maximum atomic E-state index is 11.2. The number of nitrogens with zero attached hydrogens (tertiary/aromatic N) is 1. The minimum atomic E-state index is -0.386. The van der Waals surface area contributed by atoms with E-state index in [1.807, 2.05) is 12.1 Å². The number of hydrogen-bond acceptors (Lipinski definition) is 4. The van der Waals surface area contributed by atoms with Crippen molar-refractivity contribution in [3.63, 3.8) is 0 Å². The van der Waals surface area contributed by atoms with Crippen LogP contribution in [0, 0.1) is 0 Å². The first-order valence-corrected chi connectivity index (χ1v) is 5.70. The number of thiophene rings is 1. The second kappa shape index (κ2) is 4.63. The third kappa shape index (κ3) is 2.23. The standard InChI is InChI=1S/C11H8ClNO2S/c1-15-11(14)7-2-3-8(13-6-7)9-4-5-10(12)16-9/h2-6H,1H3. The first-order chi connectivity index (χ1) is 7.70. The number of carbonyl (C=O) groups excluding carboxylic acids is 1. The van der Waals surface area contributed by atoms with Crippen LogP contribution in [0.2, 0.25) is 4.34 Å². The van der Waals surface area contributed by atoms with Crippen molar-refractivity contribution in [2.45, 2.75) is 0 Å². The molecule has 0 aliphatic rings. The van der Waals surface area contributed by atoms with Crippen molar-refractivity contribution in [1.29, 1.82) is 0 Å². The summed E-state index contributed by atoms with van der Waals surface area (Å²) in [7, 11) is 1.34. The zero-order valence-corrected chi connectivity index (χ0v) is 10.0. The van der Waals surface area contributed by atoms with Crippen LogP contribution in [0.5, 0.6) is 0 Å². The quantitative estimate of drug-likeness (QED) is 0.772. The van der Waals surface area contributed by atoms with Gasteiger partial charge in [0.2, 0.25) is 0 Å². The number of hydrogen-bond donors (Lipinski definition) is 0. The van der Waals surface area contributed by atoms with Gasteiger partial charge in [-0.3, -0.25) is 4.98 Å². The molecule has 0 saturated heterocycles. The highest BCUT2D eigenvalue weighted by Crippen LogP contribution is 2.29. The second-order valence-electron chi connectivity index (χ2n) is 3.03. The molecule has 0 spiro atoms. The van der Waals surface area contributed by atoms with Gasteiger partial charge in [0, 0.05) is 6.20 Å². The molecule has 0 saturated carbocycles. The van der Waals surface area contributed by atoms with Crippen molar-refractivity contribution >= 4 is 28.9 Å². The normalized spacial score (nSPS) is 10.1. The summed E-state index contributed by atoms with van der Waals surface area (Å²) in [6.45, 7) is 0. The largest absolute Gasteiger partial charge is 0.465 e. The molecule has 0 aliphatic heterocycles. The third-order valence-corrected chi connectivity index (χ3v) is 3.26. The van der Waals surface area contributed by atoms with Gasteiger partial charge in [0.1, 0.15) is 0 Å².